The Kier molecular flexibility index (Phi) is 4.34. The van der Waals surface area contributed by atoms with E-state index in [2.05, 4.69) is 16.2 Å². The average Bonchev–Trinajstić information content (AvgIpc) is 3.47. The van der Waals surface area contributed by atoms with Crippen LogP contribution in [0.15, 0.2) is 28.8 Å². The minimum absolute atomic E-state index is 0.0604. The molecule has 0 bridgehead atoms. The largest absolute Gasteiger partial charge is 0.492 e. The number of fused-ring (bicyclic) bond motifs is 1. The number of aromatic nitrogens is 2. The standard InChI is InChI=1S/C21H25N3O3/c25-21(17-12-16-3-1-2-4-18(16)26-13-17)24-9-7-14(8-10-24)11-19-22-20(27-23-19)15-5-6-15/h1-4,14-15,17H,5-13H2. The van der Waals surface area contributed by atoms with E-state index in [-0.39, 0.29) is 11.8 Å². The van der Waals surface area contributed by atoms with Crippen molar-refractivity contribution >= 4 is 5.91 Å². The summed E-state index contributed by atoms with van der Waals surface area (Å²) in [6, 6.07) is 8.02. The SMILES string of the molecule is O=C(C1COc2ccccc2C1)N1CCC(Cc2noc(C3CC3)n2)CC1. The summed E-state index contributed by atoms with van der Waals surface area (Å²) >= 11 is 0. The molecule has 27 heavy (non-hydrogen) atoms. The van der Waals surface area contributed by atoms with Gasteiger partial charge in [-0.05, 0) is 49.7 Å². The van der Waals surface area contributed by atoms with Gasteiger partial charge in [0.1, 0.15) is 12.4 Å². The number of likely N-dealkylation sites (tertiary alicyclic amines) is 1. The molecule has 1 aromatic carbocycles. The Morgan fingerprint density at radius 1 is 1.15 bits per heavy atom. The third-order valence-corrected chi connectivity index (χ3v) is 6.04. The number of carbonyl (C=O) groups excluding carboxylic acids is 1. The first-order valence-electron chi connectivity index (χ1n) is 10.1. The molecule has 0 spiro atoms. The number of rotatable bonds is 4. The zero-order valence-corrected chi connectivity index (χ0v) is 15.5. The van der Waals surface area contributed by atoms with Crippen LogP contribution >= 0.6 is 0 Å². The van der Waals surface area contributed by atoms with Crippen LogP contribution in [0.2, 0.25) is 0 Å². The zero-order chi connectivity index (χ0) is 18.2. The molecule has 3 aliphatic rings. The number of para-hydroxylation sites is 1. The van der Waals surface area contributed by atoms with Crippen molar-refractivity contribution in [3.05, 3.63) is 41.5 Å². The molecule has 2 aliphatic heterocycles. The van der Waals surface area contributed by atoms with Crippen molar-refractivity contribution in [3.8, 4) is 5.75 Å². The molecule has 3 heterocycles. The van der Waals surface area contributed by atoms with Gasteiger partial charge in [-0.2, -0.15) is 4.98 Å². The van der Waals surface area contributed by atoms with Crippen LogP contribution in [-0.4, -0.2) is 40.6 Å². The van der Waals surface area contributed by atoms with Gasteiger partial charge in [-0.3, -0.25) is 4.79 Å². The van der Waals surface area contributed by atoms with E-state index in [9.17, 15) is 4.79 Å². The molecule has 2 aromatic rings. The predicted octanol–water partition coefficient (Wildman–Crippen LogP) is 2.98. The minimum atomic E-state index is -0.0604. The summed E-state index contributed by atoms with van der Waals surface area (Å²) in [7, 11) is 0. The molecule has 1 aliphatic carbocycles. The molecular formula is C21H25N3O3. The lowest BCUT2D eigenvalue weighted by molar-refractivity contribution is -0.138. The lowest BCUT2D eigenvalue weighted by atomic mass is 9.91. The van der Waals surface area contributed by atoms with Gasteiger partial charge in [0.25, 0.3) is 0 Å². The van der Waals surface area contributed by atoms with Crippen LogP contribution in [0, 0.1) is 11.8 Å². The van der Waals surface area contributed by atoms with Crippen molar-refractivity contribution in [3.63, 3.8) is 0 Å². The molecule has 1 unspecified atom stereocenters. The molecule has 6 heteroatoms. The van der Waals surface area contributed by atoms with Crippen LogP contribution in [0.5, 0.6) is 5.75 Å². The fraction of sp³-hybridized carbons (Fsp3) is 0.571. The molecule has 2 fully saturated rings. The van der Waals surface area contributed by atoms with Crippen molar-refractivity contribution in [1.29, 1.82) is 0 Å². The van der Waals surface area contributed by atoms with E-state index in [0.29, 0.717) is 18.4 Å². The molecule has 1 saturated heterocycles. The summed E-state index contributed by atoms with van der Waals surface area (Å²) in [5.74, 6) is 3.78. The first kappa shape index (κ1) is 16.8. The molecule has 0 N–H and O–H groups in total. The zero-order valence-electron chi connectivity index (χ0n) is 15.5. The molecule has 1 saturated carbocycles. The first-order valence-corrected chi connectivity index (χ1v) is 10.1. The Morgan fingerprint density at radius 3 is 2.78 bits per heavy atom. The third-order valence-electron chi connectivity index (χ3n) is 6.04. The topological polar surface area (TPSA) is 68.5 Å². The van der Waals surface area contributed by atoms with Crippen LogP contribution in [0.3, 0.4) is 0 Å². The van der Waals surface area contributed by atoms with Crippen LogP contribution in [0.25, 0.3) is 0 Å². The summed E-state index contributed by atoms with van der Waals surface area (Å²) in [4.78, 5) is 19.5. The third kappa shape index (κ3) is 3.57. The average molecular weight is 367 g/mol. The normalized spacial score (nSPS) is 23.0. The number of nitrogens with zero attached hydrogens (tertiary/aromatic N) is 3. The van der Waals surface area contributed by atoms with Crippen LogP contribution in [-0.2, 0) is 17.6 Å². The van der Waals surface area contributed by atoms with Gasteiger partial charge in [-0.1, -0.05) is 23.4 Å². The quantitative estimate of drug-likeness (QED) is 0.831. The first-order chi connectivity index (χ1) is 13.3. The van der Waals surface area contributed by atoms with Gasteiger partial charge >= 0.3 is 0 Å². The van der Waals surface area contributed by atoms with Gasteiger partial charge < -0.3 is 14.2 Å². The fourth-order valence-electron chi connectivity index (χ4n) is 4.21. The van der Waals surface area contributed by atoms with Gasteiger partial charge in [0.2, 0.25) is 11.8 Å². The molecular weight excluding hydrogens is 342 g/mol. The number of carbonyl (C=O) groups is 1. The van der Waals surface area contributed by atoms with Crippen molar-refractivity contribution in [1.82, 2.24) is 15.0 Å². The second kappa shape index (κ2) is 6.98. The maximum Gasteiger partial charge on any atom is 0.229 e. The number of hydrogen-bond acceptors (Lipinski definition) is 5. The Balaban J connectivity index is 1.14. The van der Waals surface area contributed by atoms with E-state index in [0.717, 1.165) is 61.8 Å². The highest BCUT2D eigenvalue weighted by atomic mass is 16.5. The van der Waals surface area contributed by atoms with Crippen molar-refractivity contribution in [2.75, 3.05) is 19.7 Å². The summed E-state index contributed by atoms with van der Waals surface area (Å²) in [6.45, 7) is 2.12. The Hall–Kier alpha value is -2.37. The fourth-order valence-corrected chi connectivity index (χ4v) is 4.21. The number of benzene rings is 1. The second-order valence-corrected chi connectivity index (χ2v) is 8.12. The van der Waals surface area contributed by atoms with Crippen LogP contribution in [0.1, 0.15) is 48.9 Å². The van der Waals surface area contributed by atoms with E-state index in [1.807, 2.05) is 23.1 Å². The summed E-state index contributed by atoms with van der Waals surface area (Å²) in [5.41, 5.74) is 1.14. The van der Waals surface area contributed by atoms with Gasteiger partial charge in [0.05, 0.1) is 5.92 Å². The second-order valence-electron chi connectivity index (χ2n) is 8.12. The Bertz CT molecular complexity index is 822. The molecule has 0 radical (unpaired) electrons. The minimum Gasteiger partial charge on any atom is -0.492 e. The maximum absolute atomic E-state index is 12.9. The maximum atomic E-state index is 12.9. The Labute approximate surface area is 158 Å². The van der Waals surface area contributed by atoms with Crippen LogP contribution < -0.4 is 4.74 Å². The van der Waals surface area contributed by atoms with Crippen molar-refractivity contribution in [2.24, 2.45) is 11.8 Å². The molecule has 6 nitrogen and oxygen atoms in total. The number of ether oxygens (including phenoxy) is 1. The van der Waals surface area contributed by atoms with E-state index >= 15 is 0 Å². The molecule has 1 amide bonds. The number of piperidine rings is 1. The van der Waals surface area contributed by atoms with Crippen molar-refractivity contribution < 1.29 is 14.1 Å². The van der Waals surface area contributed by atoms with Crippen LogP contribution in [0.4, 0.5) is 0 Å². The molecule has 1 atom stereocenters. The van der Waals surface area contributed by atoms with E-state index in [1.54, 1.807) is 0 Å². The highest BCUT2D eigenvalue weighted by Crippen LogP contribution is 2.39. The van der Waals surface area contributed by atoms with Gasteiger partial charge in [-0.25, -0.2) is 0 Å². The Morgan fingerprint density at radius 2 is 1.96 bits per heavy atom. The molecule has 142 valence electrons. The van der Waals surface area contributed by atoms with Crippen molar-refractivity contribution in [2.45, 2.75) is 44.4 Å². The van der Waals surface area contributed by atoms with E-state index < -0.39 is 0 Å². The lowest BCUT2D eigenvalue weighted by Crippen LogP contribution is -2.45. The summed E-state index contributed by atoms with van der Waals surface area (Å²) in [5, 5.41) is 4.14. The summed E-state index contributed by atoms with van der Waals surface area (Å²) < 4.78 is 11.2. The predicted molar refractivity (Wildman–Crippen MR) is 98.4 cm³/mol. The summed E-state index contributed by atoms with van der Waals surface area (Å²) in [6.07, 6.45) is 6.00. The van der Waals surface area contributed by atoms with E-state index in [1.165, 1.54) is 12.8 Å². The molecule has 1 aromatic heterocycles. The number of amides is 1. The highest BCUT2D eigenvalue weighted by Gasteiger charge is 2.33. The highest BCUT2D eigenvalue weighted by molar-refractivity contribution is 5.80. The smallest absolute Gasteiger partial charge is 0.229 e. The van der Waals surface area contributed by atoms with Gasteiger partial charge in [-0.15, -0.1) is 0 Å². The molecule has 5 rings (SSSR count). The van der Waals surface area contributed by atoms with Gasteiger partial charge in [0, 0.05) is 25.4 Å². The van der Waals surface area contributed by atoms with Gasteiger partial charge in [0.15, 0.2) is 5.82 Å². The monoisotopic (exact) mass is 367 g/mol. The van der Waals surface area contributed by atoms with E-state index in [4.69, 9.17) is 9.26 Å². The number of hydrogen-bond donors (Lipinski definition) is 0. The lowest BCUT2D eigenvalue weighted by Gasteiger charge is -2.35.